The Kier molecular flexibility index (Phi) is 5.73. The van der Waals surface area contributed by atoms with Crippen molar-refractivity contribution in [3.8, 4) is 11.5 Å². The van der Waals surface area contributed by atoms with Crippen molar-refractivity contribution in [1.82, 2.24) is 0 Å². The second-order valence-corrected chi connectivity index (χ2v) is 5.04. The fourth-order valence-electron chi connectivity index (χ4n) is 2.21. The summed E-state index contributed by atoms with van der Waals surface area (Å²) in [6.45, 7) is 1.48. The molecule has 1 amide bonds. The van der Waals surface area contributed by atoms with E-state index in [1.165, 1.54) is 13.0 Å². The third-order valence-electron chi connectivity index (χ3n) is 3.38. The third kappa shape index (κ3) is 4.23. The molecule has 0 aliphatic heterocycles. The molecule has 24 heavy (non-hydrogen) atoms. The van der Waals surface area contributed by atoms with Crippen molar-refractivity contribution in [3.63, 3.8) is 0 Å². The summed E-state index contributed by atoms with van der Waals surface area (Å²) in [5.41, 5.74) is 1.84. The molecule has 2 aromatic rings. The molecule has 1 N–H and O–H groups in total. The lowest BCUT2D eigenvalue weighted by Crippen LogP contribution is -2.08. The van der Waals surface area contributed by atoms with Crippen LogP contribution in [0.3, 0.4) is 0 Å². The second-order valence-electron chi connectivity index (χ2n) is 5.04. The molecule has 2 aromatic carbocycles. The van der Waals surface area contributed by atoms with E-state index in [4.69, 9.17) is 9.47 Å². The minimum Gasteiger partial charge on any atom is -0.493 e. The van der Waals surface area contributed by atoms with E-state index >= 15 is 0 Å². The van der Waals surface area contributed by atoms with Gasteiger partial charge in [-0.3, -0.25) is 9.59 Å². The minimum absolute atomic E-state index is 0.0530. The molecule has 0 bridgehead atoms. The maximum Gasteiger partial charge on any atom is 0.248 e. The Bertz CT molecular complexity index is 781. The topological polar surface area (TPSA) is 64.6 Å². The first-order chi connectivity index (χ1) is 11.5. The Hall–Kier alpha value is -3.08. The van der Waals surface area contributed by atoms with Crippen LogP contribution in [0.15, 0.2) is 48.5 Å². The van der Waals surface area contributed by atoms with Crippen LogP contribution in [0.5, 0.6) is 11.5 Å². The largest absolute Gasteiger partial charge is 0.493 e. The number of rotatable bonds is 6. The van der Waals surface area contributed by atoms with Gasteiger partial charge >= 0.3 is 0 Å². The van der Waals surface area contributed by atoms with Gasteiger partial charge in [0.15, 0.2) is 17.3 Å². The van der Waals surface area contributed by atoms with E-state index in [1.54, 1.807) is 50.6 Å². The molecule has 0 aromatic heterocycles. The van der Waals surface area contributed by atoms with E-state index in [1.807, 2.05) is 12.1 Å². The number of methoxy groups -OCH3 is 2. The molecule has 0 spiro atoms. The minimum atomic E-state index is -0.305. The summed E-state index contributed by atoms with van der Waals surface area (Å²) in [7, 11) is 3.10. The molecule has 0 saturated heterocycles. The molecule has 0 atom stereocenters. The fourth-order valence-corrected chi connectivity index (χ4v) is 2.21. The monoisotopic (exact) mass is 325 g/mol. The second kappa shape index (κ2) is 7.97. The van der Waals surface area contributed by atoms with Gasteiger partial charge in [-0.1, -0.05) is 24.3 Å². The number of amides is 1. The smallest absolute Gasteiger partial charge is 0.248 e. The zero-order chi connectivity index (χ0) is 17.5. The van der Waals surface area contributed by atoms with E-state index in [-0.39, 0.29) is 11.7 Å². The van der Waals surface area contributed by atoms with Gasteiger partial charge in [0.1, 0.15) is 0 Å². The van der Waals surface area contributed by atoms with E-state index in [9.17, 15) is 9.59 Å². The molecule has 0 saturated carbocycles. The molecule has 0 unspecified atom stereocenters. The Labute approximate surface area is 140 Å². The van der Waals surface area contributed by atoms with Gasteiger partial charge < -0.3 is 14.8 Å². The molecule has 124 valence electrons. The predicted octanol–water partition coefficient (Wildman–Crippen LogP) is 3.56. The SMILES string of the molecule is COc1cccc(/C=C/C(=O)Nc2cccc(C(C)=O)c2)c1OC. The summed E-state index contributed by atoms with van der Waals surface area (Å²) in [4.78, 5) is 23.4. The van der Waals surface area contributed by atoms with Gasteiger partial charge in [0.25, 0.3) is 0 Å². The number of carbonyl (C=O) groups is 2. The van der Waals surface area contributed by atoms with Gasteiger partial charge in [0, 0.05) is 22.9 Å². The average molecular weight is 325 g/mol. The van der Waals surface area contributed by atoms with Crippen LogP contribution in [-0.2, 0) is 4.79 Å². The lowest BCUT2D eigenvalue weighted by Gasteiger charge is -2.09. The fraction of sp³-hybridized carbons (Fsp3) is 0.158. The van der Waals surface area contributed by atoms with E-state index in [0.717, 1.165) is 5.56 Å². The van der Waals surface area contributed by atoms with Gasteiger partial charge in [-0.2, -0.15) is 0 Å². The summed E-state index contributed by atoms with van der Waals surface area (Å²) in [5.74, 6) is 0.792. The molecule has 0 aliphatic carbocycles. The van der Waals surface area contributed by atoms with Crippen molar-refractivity contribution in [2.24, 2.45) is 0 Å². The van der Waals surface area contributed by atoms with Crippen LogP contribution in [0.1, 0.15) is 22.8 Å². The van der Waals surface area contributed by atoms with Gasteiger partial charge in [0.05, 0.1) is 14.2 Å². The molecule has 2 rings (SSSR count). The van der Waals surface area contributed by atoms with Crippen LogP contribution in [0, 0.1) is 0 Å². The Morgan fingerprint density at radius 2 is 1.79 bits per heavy atom. The number of hydrogen-bond donors (Lipinski definition) is 1. The number of ether oxygens (including phenoxy) is 2. The van der Waals surface area contributed by atoms with Crippen molar-refractivity contribution in [3.05, 3.63) is 59.7 Å². The van der Waals surface area contributed by atoms with Crippen molar-refractivity contribution in [2.45, 2.75) is 6.92 Å². The average Bonchev–Trinajstić information content (AvgIpc) is 2.59. The summed E-state index contributed by atoms with van der Waals surface area (Å²) < 4.78 is 10.5. The molecule has 5 nitrogen and oxygen atoms in total. The number of nitrogens with one attached hydrogen (secondary N) is 1. The Morgan fingerprint density at radius 3 is 2.46 bits per heavy atom. The van der Waals surface area contributed by atoms with E-state index < -0.39 is 0 Å². The first-order valence-corrected chi connectivity index (χ1v) is 7.36. The van der Waals surface area contributed by atoms with Crippen LogP contribution in [0.25, 0.3) is 6.08 Å². The van der Waals surface area contributed by atoms with Gasteiger partial charge in [-0.25, -0.2) is 0 Å². The summed E-state index contributed by atoms with van der Waals surface area (Å²) in [6, 6.07) is 12.2. The van der Waals surface area contributed by atoms with Crippen molar-refractivity contribution in [1.29, 1.82) is 0 Å². The third-order valence-corrected chi connectivity index (χ3v) is 3.38. The van der Waals surface area contributed by atoms with Gasteiger partial charge in [-0.15, -0.1) is 0 Å². The highest BCUT2D eigenvalue weighted by atomic mass is 16.5. The zero-order valence-electron chi connectivity index (χ0n) is 13.8. The van der Waals surface area contributed by atoms with Gasteiger partial charge in [0.2, 0.25) is 5.91 Å². The predicted molar refractivity (Wildman–Crippen MR) is 93.7 cm³/mol. The lowest BCUT2D eigenvalue weighted by atomic mass is 10.1. The highest BCUT2D eigenvalue weighted by molar-refractivity contribution is 6.03. The molecule has 0 radical (unpaired) electrons. The van der Waals surface area contributed by atoms with Gasteiger partial charge in [-0.05, 0) is 31.2 Å². The number of Topliss-reactive ketones (excluding diaryl/α,β-unsaturated/α-hetero) is 1. The number of hydrogen-bond acceptors (Lipinski definition) is 4. The number of para-hydroxylation sites is 1. The normalized spacial score (nSPS) is 10.5. The zero-order valence-corrected chi connectivity index (χ0v) is 13.8. The molecular weight excluding hydrogens is 306 g/mol. The molecule has 0 fully saturated rings. The van der Waals surface area contributed by atoms with Crippen LogP contribution in [0.4, 0.5) is 5.69 Å². The van der Waals surface area contributed by atoms with E-state index in [0.29, 0.717) is 22.7 Å². The summed E-state index contributed by atoms with van der Waals surface area (Å²) in [6.07, 6.45) is 3.04. The Morgan fingerprint density at radius 1 is 1.04 bits per heavy atom. The quantitative estimate of drug-likeness (QED) is 0.651. The molecule has 5 heteroatoms. The standard InChI is InChI=1S/C19H19NO4/c1-13(21)15-7-4-8-16(12-15)20-18(22)11-10-14-6-5-9-17(23-2)19(14)24-3/h4-12H,1-3H3,(H,20,22)/b11-10+. The van der Waals surface area contributed by atoms with Crippen LogP contribution >= 0.6 is 0 Å². The van der Waals surface area contributed by atoms with E-state index in [2.05, 4.69) is 5.32 Å². The highest BCUT2D eigenvalue weighted by Gasteiger charge is 2.07. The van der Waals surface area contributed by atoms with Crippen molar-refractivity contribution in [2.75, 3.05) is 19.5 Å². The molecular formula is C19H19NO4. The van der Waals surface area contributed by atoms with Crippen molar-refractivity contribution >= 4 is 23.5 Å². The maximum atomic E-state index is 12.1. The lowest BCUT2D eigenvalue weighted by molar-refractivity contribution is -0.111. The van der Waals surface area contributed by atoms with Crippen molar-refractivity contribution < 1.29 is 19.1 Å². The summed E-state index contributed by atoms with van der Waals surface area (Å²) in [5, 5.41) is 2.72. The number of anilines is 1. The van der Waals surface area contributed by atoms with Crippen LogP contribution in [0.2, 0.25) is 0 Å². The maximum absolute atomic E-state index is 12.1. The first-order valence-electron chi connectivity index (χ1n) is 7.36. The Balaban J connectivity index is 2.14. The number of carbonyl (C=O) groups excluding carboxylic acids is 2. The number of ketones is 1. The molecule has 0 aliphatic rings. The number of benzene rings is 2. The summed E-state index contributed by atoms with van der Waals surface area (Å²) >= 11 is 0. The molecule has 0 heterocycles. The highest BCUT2D eigenvalue weighted by Crippen LogP contribution is 2.31. The first kappa shape index (κ1) is 17.3. The van der Waals surface area contributed by atoms with Crippen LogP contribution in [-0.4, -0.2) is 25.9 Å². The van der Waals surface area contributed by atoms with Crippen LogP contribution < -0.4 is 14.8 Å².